The van der Waals surface area contributed by atoms with Gasteiger partial charge in [-0.25, -0.2) is 13.2 Å². The Morgan fingerprint density at radius 1 is 1.50 bits per heavy atom. The number of carboxylic acids is 1. The molecule has 2 rings (SSSR count). The number of aromatic carboxylic acids is 1. The molecule has 5 nitrogen and oxygen atoms in total. The van der Waals surface area contributed by atoms with E-state index in [4.69, 9.17) is 5.11 Å². The van der Waals surface area contributed by atoms with E-state index in [2.05, 4.69) is 0 Å². The third kappa shape index (κ3) is 3.16. The highest BCUT2D eigenvalue weighted by atomic mass is 32.2. The Bertz CT molecular complexity index is 600. The molecule has 20 heavy (non-hydrogen) atoms. The number of benzene rings is 1. The van der Waals surface area contributed by atoms with Crippen LogP contribution in [-0.4, -0.2) is 47.9 Å². The first-order valence-corrected chi connectivity index (χ1v) is 8.89. The van der Waals surface area contributed by atoms with Crippen molar-refractivity contribution >= 4 is 27.8 Å². The van der Waals surface area contributed by atoms with Crippen molar-refractivity contribution in [2.24, 2.45) is 0 Å². The van der Waals surface area contributed by atoms with Crippen molar-refractivity contribution in [2.45, 2.75) is 23.5 Å². The summed E-state index contributed by atoms with van der Waals surface area (Å²) in [6, 6.07) is 5.53. The third-order valence-electron chi connectivity index (χ3n) is 3.28. The van der Waals surface area contributed by atoms with Crippen LogP contribution in [-0.2, 0) is 10.0 Å². The maximum atomic E-state index is 12.5. The van der Waals surface area contributed by atoms with E-state index < -0.39 is 16.0 Å². The van der Waals surface area contributed by atoms with Crippen molar-refractivity contribution < 1.29 is 18.3 Å². The summed E-state index contributed by atoms with van der Waals surface area (Å²) in [7, 11) is -3.60. The Kier molecular flexibility index (Phi) is 4.72. The molecule has 1 aromatic carbocycles. The molecule has 1 N–H and O–H groups in total. The van der Waals surface area contributed by atoms with E-state index in [0.29, 0.717) is 18.3 Å². The van der Waals surface area contributed by atoms with Crippen LogP contribution in [0.25, 0.3) is 0 Å². The SMILES string of the molecule is CCC1CN(S(=O)(=O)c2cccc(C(=O)O)c2)CCS1. The first-order chi connectivity index (χ1) is 9.45. The van der Waals surface area contributed by atoms with Crippen molar-refractivity contribution in [1.82, 2.24) is 4.31 Å². The van der Waals surface area contributed by atoms with Crippen LogP contribution in [0.1, 0.15) is 23.7 Å². The van der Waals surface area contributed by atoms with Gasteiger partial charge in [0.05, 0.1) is 10.5 Å². The summed E-state index contributed by atoms with van der Waals surface area (Å²) in [5.74, 6) is -0.348. The second-order valence-corrected chi connectivity index (χ2v) is 7.94. The Hall–Kier alpha value is -1.05. The molecule has 1 aliphatic heterocycles. The number of carboxylic acid groups (broad SMARTS) is 1. The van der Waals surface area contributed by atoms with E-state index in [1.54, 1.807) is 11.8 Å². The highest BCUT2D eigenvalue weighted by Gasteiger charge is 2.30. The van der Waals surface area contributed by atoms with Crippen LogP contribution in [0.15, 0.2) is 29.2 Å². The van der Waals surface area contributed by atoms with Crippen LogP contribution >= 0.6 is 11.8 Å². The third-order valence-corrected chi connectivity index (χ3v) is 6.51. The second kappa shape index (κ2) is 6.15. The molecule has 0 spiro atoms. The lowest BCUT2D eigenvalue weighted by atomic mass is 10.2. The minimum atomic E-state index is -3.60. The lowest BCUT2D eigenvalue weighted by Crippen LogP contribution is -2.41. The molecule has 0 saturated carbocycles. The Labute approximate surface area is 123 Å². The zero-order chi connectivity index (χ0) is 14.8. The maximum Gasteiger partial charge on any atom is 0.335 e. The quantitative estimate of drug-likeness (QED) is 0.918. The highest BCUT2D eigenvalue weighted by molar-refractivity contribution is 8.00. The fourth-order valence-electron chi connectivity index (χ4n) is 2.10. The Morgan fingerprint density at radius 2 is 2.25 bits per heavy atom. The number of hydrogen-bond donors (Lipinski definition) is 1. The molecule has 1 saturated heterocycles. The Morgan fingerprint density at radius 3 is 2.90 bits per heavy atom. The molecule has 0 aliphatic carbocycles. The van der Waals surface area contributed by atoms with Crippen molar-refractivity contribution in [3.05, 3.63) is 29.8 Å². The van der Waals surface area contributed by atoms with Gasteiger partial charge >= 0.3 is 5.97 Å². The summed E-state index contributed by atoms with van der Waals surface area (Å²) >= 11 is 1.79. The second-order valence-electron chi connectivity index (χ2n) is 4.60. The van der Waals surface area contributed by atoms with Crippen LogP contribution in [0.2, 0.25) is 0 Å². The molecule has 7 heteroatoms. The summed E-state index contributed by atoms with van der Waals surface area (Å²) < 4.78 is 26.6. The predicted molar refractivity (Wildman–Crippen MR) is 78.7 cm³/mol. The largest absolute Gasteiger partial charge is 0.478 e. The average Bonchev–Trinajstić information content (AvgIpc) is 2.47. The van der Waals surface area contributed by atoms with Crippen LogP contribution in [0.3, 0.4) is 0 Å². The standard InChI is InChI=1S/C13H17NO4S2/c1-2-11-9-14(6-7-19-11)20(17,18)12-5-3-4-10(8-12)13(15)16/h3-5,8,11H,2,6-7,9H2,1H3,(H,15,16). The van der Waals surface area contributed by atoms with Crippen molar-refractivity contribution in [2.75, 3.05) is 18.8 Å². The number of nitrogens with zero attached hydrogens (tertiary/aromatic N) is 1. The molecule has 0 radical (unpaired) electrons. The van der Waals surface area contributed by atoms with Crippen molar-refractivity contribution in [3.8, 4) is 0 Å². The molecule has 110 valence electrons. The molecule has 1 aliphatic rings. The first kappa shape index (κ1) is 15.3. The van der Waals surface area contributed by atoms with Gasteiger partial charge in [-0.3, -0.25) is 0 Å². The van der Waals surface area contributed by atoms with Gasteiger partial charge in [-0.05, 0) is 24.6 Å². The van der Waals surface area contributed by atoms with Gasteiger partial charge < -0.3 is 5.11 Å². The zero-order valence-electron chi connectivity index (χ0n) is 11.2. The minimum absolute atomic E-state index is 0.00972. The fourth-order valence-corrected chi connectivity index (χ4v) is 5.02. The summed E-state index contributed by atoms with van der Waals surface area (Å²) in [6.07, 6.45) is 0.922. The smallest absolute Gasteiger partial charge is 0.335 e. The van der Waals surface area contributed by atoms with Crippen LogP contribution < -0.4 is 0 Å². The van der Waals surface area contributed by atoms with Crippen molar-refractivity contribution in [1.29, 1.82) is 0 Å². The highest BCUT2D eigenvalue weighted by Crippen LogP contribution is 2.26. The van der Waals surface area contributed by atoms with Gasteiger partial charge in [-0.2, -0.15) is 16.1 Å². The monoisotopic (exact) mass is 315 g/mol. The summed E-state index contributed by atoms with van der Waals surface area (Å²) in [6.45, 7) is 3.00. The Balaban J connectivity index is 2.30. The molecule has 1 atom stereocenters. The summed E-state index contributed by atoms with van der Waals surface area (Å²) in [5, 5.41) is 9.26. The molecule has 0 aromatic heterocycles. The van der Waals surface area contributed by atoms with E-state index in [1.807, 2.05) is 6.92 Å². The molecule has 0 amide bonds. The minimum Gasteiger partial charge on any atom is -0.478 e. The molecular formula is C13H17NO4S2. The number of carbonyl (C=O) groups is 1. The summed E-state index contributed by atoms with van der Waals surface area (Å²) in [5.41, 5.74) is -0.00972. The van der Waals surface area contributed by atoms with E-state index in [1.165, 1.54) is 28.6 Å². The van der Waals surface area contributed by atoms with Crippen molar-refractivity contribution in [3.63, 3.8) is 0 Å². The molecule has 1 fully saturated rings. The molecule has 1 aromatic rings. The van der Waals surface area contributed by atoms with Gasteiger partial charge in [0, 0.05) is 24.1 Å². The van der Waals surface area contributed by atoms with E-state index >= 15 is 0 Å². The zero-order valence-corrected chi connectivity index (χ0v) is 12.8. The van der Waals surface area contributed by atoms with E-state index in [-0.39, 0.29) is 10.5 Å². The van der Waals surface area contributed by atoms with Gasteiger partial charge in [-0.15, -0.1) is 0 Å². The molecule has 0 bridgehead atoms. The van der Waals surface area contributed by atoms with Gasteiger partial charge in [0.1, 0.15) is 0 Å². The lowest BCUT2D eigenvalue weighted by Gasteiger charge is -2.31. The number of sulfonamides is 1. The molecule has 1 unspecified atom stereocenters. The lowest BCUT2D eigenvalue weighted by molar-refractivity contribution is 0.0696. The topological polar surface area (TPSA) is 74.7 Å². The van der Waals surface area contributed by atoms with Crippen LogP contribution in [0.5, 0.6) is 0 Å². The van der Waals surface area contributed by atoms with Crippen LogP contribution in [0.4, 0.5) is 0 Å². The first-order valence-electron chi connectivity index (χ1n) is 6.40. The summed E-state index contributed by atoms with van der Waals surface area (Å²) in [4.78, 5) is 11.0. The van der Waals surface area contributed by atoms with Crippen LogP contribution in [0, 0.1) is 0 Å². The van der Waals surface area contributed by atoms with E-state index in [9.17, 15) is 13.2 Å². The van der Waals surface area contributed by atoms with Gasteiger partial charge in [0.2, 0.25) is 10.0 Å². The fraction of sp³-hybridized carbons (Fsp3) is 0.462. The number of thioether (sulfide) groups is 1. The van der Waals surface area contributed by atoms with E-state index in [0.717, 1.165) is 12.2 Å². The average molecular weight is 315 g/mol. The molecular weight excluding hydrogens is 298 g/mol. The van der Waals surface area contributed by atoms with Gasteiger partial charge in [0.25, 0.3) is 0 Å². The normalized spacial score (nSPS) is 20.8. The van der Waals surface area contributed by atoms with Gasteiger partial charge in [0.15, 0.2) is 0 Å². The van der Waals surface area contributed by atoms with Gasteiger partial charge in [-0.1, -0.05) is 13.0 Å². The number of hydrogen-bond acceptors (Lipinski definition) is 4. The maximum absolute atomic E-state index is 12.5. The molecule has 1 heterocycles. The number of rotatable bonds is 4. The predicted octanol–water partition coefficient (Wildman–Crippen LogP) is 1.90.